The first-order valence-corrected chi connectivity index (χ1v) is 12.0. The molecule has 1 aliphatic heterocycles. The highest BCUT2D eigenvalue weighted by Gasteiger charge is 2.76. The van der Waals surface area contributed by atoms with Gasteiger partial charge in [-0.1, -0.05) is 48.0 Å². The van der Waals surface area contributed by atoms with Crippen LogP contribution in [0.25, 0.3) is 0 Å². The first-order valence-electron chi connectivity index (χ1n) is 10.5. The highest BCUT2D eigenvalue weighted by atomic mass is 32.2. The lowest BCUT2D eigenvalue weighted by Crippen LogP contribution is -2.42. The third-order valence-corrected chi connectivity index (χ3v) is 7.53. The van der Waals surface area contributed by atoms with Crippen LogP contribution in [0.1, 0.15) is 38.0 Å². The number of ether oxygens (including phenoxy) is 4. The number of sulfone groups is 1. The predicted octanol–water partition coefficient (Wildman–Crippen LogP) is 2.66. The number of epoxide rings is 1. The van der Waals surface area contributed by atoms with Gasteiger partial charge in [0.25, 0.3) is 0 Å². The number of hydrogen-bond donors (Lipinski definition) is 0. The number of benzene rings is 2. The third-order valence-electron chi connectivity index (χ3n) is 5.26. The van der Waals surface area contributed by atoms with Crippen LogP contribution in [0.5, 0.6) is 0 Å². The van der Waals surface area contributed by atoms with Gasteiger partial charge in [-0.15, -0.1) is 0 Å². The fourth-order valence-corrected chi connectivity index (χ4v) is 5.76. The summed E-state index contributed by atoms with van der Waals surface area (Å²) in [6.45, 7) is 4.83. The quantitative estimate of drug-likeness (QED) is 0.296. The summed E-state index contributed by atoms with van der Waals surface area (Å²) >= 11 is 0. The minimum atomic E-state index is -4.34. The van der Waals surface area contributed by atoms with Gasteiger partial charge in [-0.25, -0.2) is 8.42 Å². The van der Waals surface area contributed by atoms with Crippen LogP contribution >= 0.6 is 0 Å². The fourth-order valence-electron chi connectivity index (χ4n) is 3.74. The molecule has 182 valence electrons. The molecule has 0 aliphatic carbocycles. The van der Waals surface area contributed by atoms with Crippen LogP contribution in [0, 0.1) is 6.92 Å². The number of carbonyl (C=O) groups excluding carboxylic acids is 3. The van der Waals surface area contributed by atoms with E-state index in [1.54, 1.807) is 42.5 Å². The van der Waals surface area contributed by atoms with Gasteiger partial charge in [0.2, 0.25) is 14.8 Å². The Hall–Kier alpha value is -3.24. The average molecular weight is 491 g/mol. The SMILES string of the molecule is CC(=O)OC[C@H](OC(C)=O)[C@@H]1O[C@@]1([C@H](OC(C)=O)c1ccccc1)S(=O)(=O)c1ccc(C)cc1. The van der Waals surface area contributed by atoms with Crippen molar-refractivity contribution in [1.29, 1.82) is 0 Å². The molecule has 0 bridgehead atoms. The van der Waals surface area contributed by atoms with Gasteiger partial charge in [0.05, 0.1) is 4.90 Å². The molecule has 2 aromatic rings. The van der Waals surface area contributed by atoms with E-state index in [1.165, 1.54) is 19.1 Å². The Morgan fingerprint density at radius 3 is 2.03 bits per heavy atom. The van der Waals surface area contributed by atoms with Gasteiger partial charge in [-0.3, -0.25) is 14.4 Å². The fraction of sp³-hybridized carbons (Fsp3) is 0.375. The molecule has 0 spiro atoms. The third kappa shape index (κ3) is 5.13. The van der Waals surface area contributed by atoms with Gasteiger partial charge < -0.3 is 18.9 Å². The zero-order valence-electron chi connectivity index (χ0n) is 19.2. The summed E-state index contributed by atoms with van der Waals surface area (Å²) in [6.07, 6.45) is -3.94. The summed E-state index contributed by atoms with van der Waals surface area (Å²) in [5.41, 5.74) is 1.21. The van der Waals surface area contributed by atoms with Crippen LogP contribution < -0.4 is 0 Å². The van der Waals surface area contributed by atoms with Crippen LogP contribution in [0.15, 0.2) is 59.5 Å². The van der Waals surface area contributed by atoms with Crippen molar-refractivity contribution in [1.82, 2.24) is 0 Å². The topological polar surface area (TPSA) is 126 Å². The van der Waals surface area contributed by atoms with E-state index in [0.717, 1.165) is 19.4 Å². The Kier molecular flexibility index (Phi) is 7.42. The molecule has 0 aromatic heterocycles. The maximum atomic E-state index is 14.0. The molecule has 2 aromatic carbocycles. The molecule has 0 amide bonds. The summed E-state index contributed by atoms with van der Waals surface area (Å²) in [6, 6.07) is 14.4. The smallest absolute Gasteiger partial charge is 0.303 e. The van der Waals surface area contributed by atoms with Gasteiger partial charge in [0.1, 0.15) is 12.7 Å². The maximum absolute atomic E-state index is 14.0. The molecule has 0 unspecified atom stereocenters. The van der Waals surface area contributed by atoms with E-state index in [9.17, 15) is 22.8 Å². The molecule has 1 heterocycles. The molecule has 0 saturated carbocycles. The van der Waals surface area contributed by atoms with Crippen molar-refractivity contribution < 1.29 is 41.7 Å². The van der Waals surface area contributed by atoms with Crippen molar-refractivity contribution >= 4 is 27.7 Å². The molecule has 3 rings (SSSR count). The molecule has 0 radical (unpaired) electrons. The van der Waals surface area contributed by atoms with Crippen molar-refractivity contribution in [2.24, 2.45) is 0 Å². The lowest BCUT2D eigenvalue weighted by Gasteiger charge is -2.26. The van der Waals surface area contributed by atoms with E-state index in [0.29, 0.717) is 5.56 Å². The van der Waals surface area contributed by atoms with Gasteiger partial charge >= 0.3 is 17.9 Å². The van der Waals surface area contributed by atoms with Gasteiger partial charge in [-0.2, -0.15) is 0 Å². The van der Waals surface area contributed by atoms with E-state index >= 15 is 0 Å². The van der Waals surface area contributed by atoms with E-state index in [-0.39, 0.29) is 4.90 Å². The van der Waals surface area contributed by atoms with Crippen LogP contribution in [0.2, 0.25) is 0 Å². The molecule has 10 heteroatoms. The summed E-state index contributed by atoms with van der Waals surface area (Å²) in [5, 5.41) is 0. The molecule has 1 aliphatic rings. The first kappa shape index (κ1) is 25.4. The normalized spacial score (nSPS) is 21.1. The van der Waals surface area contributed by atoms with Crippen LogP contribution in [0.4, 0.5) is 0 Å². The Morgan fingerprint density at radius 2 is 1.50 bits per heavy atom. The van der Waals surface area contributed by atoms with Gasteiger partial charge in [0.15, 0.2) is 12.2 Å². The molecule has 9 nitrogen and oxygen atoms in total. The molecule has 4 atom stereocenters. The number of carbonyl (C=O) groups is 3. The monoisotopic (exact) mass is 490 g/mol. The van der Waals surface area contributed by atoms with Crippen molar-refractivity contribution in [2.75, 3.05) is 6.61 Å². The number of aryl methyl sites for hydroxylation is 1. The molecular formula is C24H26O9S. The van der Waals surface area contributed by atoms with E-state index < -0.39 is 57.6 Å². The summed E-state index contributed by atoms with van der Waals surface area (Å²) in [5.74, 6) is -2.10. The Balaban J connectivity index is 2.17. The van der Waals surface area contributed by atoms with Crippen molar-refractivity contribution in [3.8, 4) is 0 Å². The summed E-state index contributed by atoms with van der Waals surface area (Å²) < 4.78 is 49.6. The first-order chi connectivity index (χ1) is 16.0. The zero-order valence-corrected chi connectivity index (χ0v) is 20.0. The Labute approximate surface area is 197 Å². The second-order valence-electron chi connectivity index (χ2n) is 7.93. The number of hydrogen-bond acceptors (Lipinski definition) is 9. The molecule has 1 saturated heterocycles. The largest absolute Gasteiger partial charge is 0.462 e. The molecular weight excluding hydrogens is 464 g/mol. The highest BCUT2D eigenvalue weighted by Crippen LogP contribution is 2.56. The lowest BCUT2D eigenvalue weighted by molar-refractivity contribution is -0.157. The second-order valence-corrected chi connectivity index (χ2v) is 10.0. The summed E-state index contributed by atoms with van der Waals surface area (Å²) in [4.78, 5) is 33.0. The highest BCUT2D eigenvalue weighted by molar-refractivity contribution is 7.93. The van der Waals surface area contributed by atoms with Crippen LogP contribution in [0.3, 0.4) is 0 Å². The van der Waals surface area contributed by atoms with Crippen molar-refractivity contribution in [2.45, 2.75) is 55.8 Å². The minimum Gasteiger partial charge on any atom is -0.462 e. The average Bonchev–Trinajstić information content (AvgIpc) is 3.53. The summed E-state index contributed by atoms with van der Waals surface area (Å²) in [7, 11) is -4.34. The minimum absolute atomic E-state index is 0.0669. The van der Waals surface area contributed by atoms with Gasteiger partial charge in [-0.05, 0) is 24.6 Å². The van der Waals surface area contributed by atoms with E-state index in [2.05, 4.69) is 0 Å². The molecule has 34 heavy (non-hydrogen) atoms. The standard InChI is InChI=1S/C24H26O9S/c1-15-10-12-20(13-11-15)34(28,29)24(22(32-18(4)27)19-8-6-5-7-9-19)23(33-24)21(31-17(3)26)14-30-16(2)25/h5-13,21-23H,14H2,1-4H3/t21-,22+,23-,24-/m0/s1. The Bertz CT molecular complexity index is 1160. The van der Waals surface area contributed by atoms with Crippen LogP contribution in [-0.4, -0.2) is 50.1 Å². The lowest BCUT2D eigenvalue weighted by atomic mass is 10.0. The zero-order chi connectivity index (χ0) is 25.1. The van der Waals surface area contributed by atoms with E-state index in [4.69, 9.17) is 18.9 Å². The Morgan fingerprint density at radius 1 is 0.912 bits per heavy atom. The van der Waals surface area contributed by atoms with E-state index in [1.807, 2.05) is 6.92 Å². The number of esters is 3. The predicted molar refractivity (Wildman–Crippen MR) is 119 cm³/mol. The molecule has 1 fully saturated rings. The van der Waals surface area contributed by atoms with Crippen molar-refractivity contribution in [3.05, 3.63) is 65.7 Å². The second kappa shape index (κ2) is 9.94. The van der Waals surface area contributed by atoms with Crippen molar-refractivity contribution in [3.63, 3.8) is 0 Å². The number of rotatable bonds is 9. The maximum Gasteiger partial charge on any atom is 0.303 e. The van der Waals surface area contributed by atoms with Crippen LogP contribution in [-0.2, 0) is 43.2 Å². The molecule has 0 N–H and O–H groups in total. The van der Waals surface area contributed by atoms with Gasteiger partial charge in [0, 0.05) is 20.8 Å².